The summed E-state index contributed by atoms with van der Waals surface area (Å²) in [5.41, 5.74) is 1.60. The maximum absolute atomic E-state index is 12.9. The number of nitrogens with one attached hydrogen (secondary N) is 1. The minimum Gasteiger partial charge on any atom is -0.320 e. The predicted molar refractivity (Wildman–Crippen MR) is 108 cm³/mol. The maximum Gasteiger partial charge on any atom is 0.274 e. The molecule has 27 heavy (non-hydrogen) atoms. The first-order chi connectivity index (χ1) is 12.9. The lowest BCUT2D eigenvalue weighted by Crippen LogP contribution is -2.15. The van der Waals surface area contributed by atoms with E-state index in [0.717, 1.165) is 5.56 Å². The van der Waals surface area contributed by atoms with E-state index in [1.807, 2.05) is 6.92 Å². The molecule has 1 N–H and O–H groups in total. The molecule has 0 unspecified atom stereocenters. The molecule has 0 bridgehead atoms. The molecule has 2 aromatic carbocycles. The van der Waals surface area contributed by atoms with Gasteiger partial charge in [0.15, 0.2) is 0 Å². The summed E-state index contributed by atoms with van der Waals surface area (Å²) < 4.78 is 26.5. The second-order valence-corrected chi connectivity index (χ2v) is 8.67. The van der Waals surface area contributed by atoms with Gasteiger partial charge in [-0.25, -0.2) is 8.42 Å². The monoisotopic (exact) mass is 444 g/mol. The quantitative estimate of drug-likeness (QED) is 0.628. The van der Waals surface area contributed by atoms with Crippen LogP contribution in [-0.2, 0) is 16.3 Å². The minimum atomic E-state index is -3.65. The topological polar surface area (TPSA) is 76.1 Å². The van der Waals surface area contributed by atoms with Gasteiger partial charge in [0.05, 0.1) is 9.79 Å². The largest absolute Gasteiger partial charge is 0.320 e. The Morgan fingerprint density at radius 1 is 1.04 bits per heavy atom. The van der Waals surface area contributed by atoms with Gasteiger partial charge in [-0.05, 0) is 60.5 Å². The summed E-state index contributed by atoms with van der Waals surface area (Å²) >= 11 is 3.30. The number of sulfone groups is 1. The SMILES string of the molecule is CCc1cc(S(=O)(=O)c2cccc(Br)c2)ccc1NC(=O)c1ccccn1. The number of hydrogen-bond acceptors (Lipinski definition) is 4. The van der Waals surface area contributed by atoms with Crippen LogP contribution in [0, 0.1) is 0 Å². The summed E-state index contributed by atoms with van der Waals surface area (Å²) in [6.45, 7) is 1.90. The van der Waals surface area contributed by atoms with Crippen molar-refractivity contribution in [3.8, 4) is 0 Å². The van der Waals surface area contributed by atoms with E-state index < -0.39 is 9.84 Å². The Morgan fingerprint density at radius 3 is 2.48 bits per heavy atom. The summed E-state index contributed by atoms with van der Waals surface area (Å²) in [7, 11) is -3.65. The number of carbonyl (C=O) groups is 1. The van der Waals surface area contributed by atoms with E-state index in [9.17, 15) is 13.2 Å². The lowest BCUT2D eigenvalue weighted by atomic mass is 10.1. The normalized spacial score (nSPS) is 11.2. The molecule has 0 atom stereocenters. The first-order valence-corrected chi connectivity index (χ1v) is 10.6. The average molecular weight is 445 g/mol. The van der Waals surface area contributed by atoms with Crippen molar-refractivity contribution in [3.63, 3.8) is 0 Å². The Hall–Kier alpha value is -2.51. The first kappa shape index (κ1) is 19.3. The highest BCUT2D eigenvalue weighted by atomic mass is 79.9. The smallest absolute Gasteiger partial charge is 0.274 e. The van der Waals surface area contributed by atoms with Crippen LogP contribution >= 0.6 is 15.9 Å². The molecule has 138 valence electrons. The fraction of sp³-hybridized carbons (Fsp3) is 0.100. The van der Waals surface area contributed by atoms with Gasteiger partial charge >= 0.3 is 0 Å². The van der Waals surface area contributed by atoms with Gasteiger partial charge in [0, 0.05) is 16.4 Å². The average Bonchev–Trinajstić information content (AvgIpc) is 2.68. The van der Waals surface area contributed by atoms with Gasteiger partial charge in [-0.15, -0.1) is 0 Å². The molecule has 0 spiro atoms. The van der Waals surface area contributed by atoms with E-state index in [1.54, 1.807) is 60.8 Å². The Kier molecular flexibility index (Phi) is 5.72. The number of aryl methyl sites for hydroxylation is 1. The number of aromatic nitrogens is 1. The van der Waals surface area contributed by atoms with Crippen LogP contribution in [0.2, 0.25) is 0 Å². The molecular formula is C20H17BrN2O3S. The highest BCUT2D eigenvalue weighted by Gasteiger charge is 2.20. The Morgan fingerprint density at radius 2 is 1.81 bits per heavy atom. The number of halogens is 1. The van der Waals surface area contributed by atoms with Gasteiger partial charge in [0.1, 0.15) is 5.69 Å². The molecular weight excluding hydrogens is 428 g/mol. The molecule has 1 aromatic heterocycles. The molecule has 0 fully saturated rings. The lowest BCUT2D eigenvalue weighted by molar-refractivity contribution is 0.102. The molecule has 1 heterocycles. The van der Waals surface area contributed by atoms with Crippen LogP contribution in [0.4, 0.5) is 5.69 Å². The van der Waals surface area contributed by atoms with Crippen molar-refractivity contribution in [2.75, 3.05) is 5.32 Å². The maximum atomic E-state index is 12.9. The van der Waals surface area contributed by atoms with Crippen molar-refractivity contribution in [1.82, 2.24) is 4.98 Å². The summed E-state index contributed by atoms with van der Waals surface area (Å²) in [5.74, 6) is -0.340. The second-order valence-electron chi connectivity index (χ2n) is 5.80. The second kappa shape index (κ2) is 8.02. The van der Waals surface area contributed by atoms with Crippen LogP contribution in [0.25, 0.3) is 0 Å². The fourth-order valence-corrected chi connectivity index (χ4v) is 4.51. The van der Waals surface area contributed by atoms with Crippen molar-refractivity contribution < 1.29 is 13.2 Å². The van der Waals surface area contributed by atoms with E-state index >= 15 is 0 Å². The van der Waals surface area contributed by atoms with Crippen LogP contribution in [0.1, 0.15) is 23.0 Å². The number of nitrogens with zero attached hydrogens (tertiary/aromatic N) is 1. The molecule has 3 rings (SSSR count). The third kappa shape index (κ3) is 4.26. The predicted octanol–water partition coefficient (Wildman–Crippen LogP) is 4.49. The molecule has 5 nitrogen and oxygen atoms in total. The van der Waals surface area contributed by atoms with E-state index in [-0.39, 0.29) is 15.7 Å². The van der Waals surface area contributed by atoms with E-state index in [4.69, 9.17) is 0 Å². The van der Waals surface area contributed by atoms with Crippen LogP contribution in [0.5, 0.6) is 0 Å². The van der Waals surface area contributed by atoms with E-state index in [0.29, 0.717) is 22.3 Å². The third-order valence-corrected chi connectivity index (χ3v) is 6.26. The van der Waals surface area contributed by atoms with Crippen molar-refractivity contribution >= 4 is 37.4 Å². The van der Waals surface area contributed by atoms with Crippen LogP contribution in [0.15, 0.2) is 81.1 Å². The van der Waals surface area contributed by atoms with Crippen molar-refractivity contribution in [3.05, 3.63) is 82.6 Å². The molecule has 7 heteroatoms. The van der Waals surface area contributed by atoms with Crippen LogP contribution < -0.4 is 5.32 Å². The van der Waals surface area contributed by atoms with E-state index in [1.165, 1.54) is 6.07 Å². The summed E-state index contributed by atoms with van der Waals surface area (Å²) in [6.07, 6.45) is 2.11. The molecule has 0 saturated carbocycles. The molecule has 0 aliphatic carbocycles. The van der Waals surface area contributed by atoms with Gasteiger partial charge in [-0.1, -0.05) is 35.0 Å². The number of hydrogen-bond donors (Lipinski definition) is 1. The molecule has 0 aliphatic rings. The highest BCUT2D eigenvalue weighted by Crippen LogP contribution is 2.27. The lowest BCUT2D eigenvalue weighted by Gasteiger charge is -2.12. The first-order valence-electron chi connectivity index (χ1n) is 8.28. The van der Waals surface area contributed by atoms with Crippen LogP contribution in [-0.4, -0.2) is 19.3 Å². The Bertz CT molecular complexity index is 1080. The third-order valence-electron chi connectivity index (χ3n) is 4.02. The standard InChI is InChI=1S/C20H17BrN2O3S/c1-2-14-12-17(27(25,26)16-7-5-6-15(21)13-16)9-10-18(14)23-20(24)19-8-3-4-11-22-19/h3-13H,2H2,1H3,(H,23,24). The molecule has 0 saturated heterocycles. The zero-order valence-electron chi connectivity index (χ0n) is 14.5. The number of carbonyl (C=O) groups excluding carboxylic acids is 1. The highest BCUT2D eigenvalue weighted by molar-refractivity contribution is 9.10. The molecule has 1 amide bonds. The summed E-state index contributed by atoms with van der Waals surface area (Å²) in [5, 5.41) is 2.80. The number of pyridine rings is 1. The van der Waals surface area contributed by atoms with E-state index in [2.05, 4.69) is 26.2 Å². The Labute approximate surface area is 166 Å². The van der Waals surface area contributed by atoms with Gasteiger partial charge in [-0.3, -0.25) is 9.78 Å². The van der Waals surface area contributed by atoms with Gasteiger partial charge < -0.3 is 5.32 Å². The van der Waals surface area contributed by atoms with Crippen molar-refractivity contribution in [2.45, 2.75) is 23.1 Å². The van der Waals surface area contributed by atoms with Gasteiger partial charge in [0.25, 0.3) is 5.91 Å². The number of anilines is 1. The Balaban J connectivity index is 1.94. The van der Waals surface area contributed by atoms with Gasteiger partial charge in [-0.2, -0.15) is 0 Å². The number of benzene rings is 2. The van der Waals surface area contributed by atoms with Crippen LogP contribution in [0.3, 0.4) is 0 Å². The molecule has 3 aromatic rings. The fourth-order valence-electron chi connectivity index (χ4n) is 2.61. The van der Waals surface area contributed by atoms with Crippen molar-refractivity contribution in [2.24, 2.45) is 0 Å². The summed E-state index contributed by atoms with van der Waals surface area (Å²) in [6, 6.07) is 16.4. The van der Waals surface area contributed by atoms with Gasteiger partial charge in [0.2, 0.25) is 9.84 Å². The number of rotatable bonds is 5. The number of amides is 1. The zero-order valence-corrected chi connectivity index (χ0v) is 16.9. The summed E-state index contributed by atoms with van der Waals surface area (Å²) in [4.78, 5) is 16.7. The van der Waals surface area contributed by atoms with Crippen molar-refractivity contribution in [1.29, 1.82) is 0 Å². The molecule has 0 radical (unpaired) electrons. The zero-order chi connectivity index (χ0) is 19.4. The molecule has 0 aliphatic heterocycles. The minimum absolute atomic E-state index is 0.188.